The Morgan fingerprint density at radius 2 is 1.93 bits per heavy atom. The van der Waals surface area contributed by atoms with Gasteiger partial charge in [-0.2, -0.15) is 0 Å². The van der Waals surface area contributed by atoms with Crippen LogP contribution in [0.25, 0.3) is 0 Å². The van der Waals surface area contributed by atoms with Gasteiger partial charge in [-0.05, 0) is 36.3 Å². The van der Waals surface area contributed by atoms with Gasteiger partial charge in [0.15, 0.2) is 0 Å². The van der Waals surface area contributed by atoms with Crippen LogP contribution >= 0.6 is 11.6 Å². The molecule has 1 aromatic rings. The van der Waals surface area contributed by atoms with Gasteiger partial charge in [0, 0.05) is 11.8 Å². The van der Waals surface area contributed by atoms with Gasteiger partial charge in [0.05, 0.1) is 0 Å². The lowest BCUT2D eigenvalue weighted by molar-refractivity contribution is 0.670. The summed E-state index contributed by atoms with van der Waals surface area (Å²) < 4.78 is 0. The molecule has 1 saturated carbocycles. The lowest BCUT2D eigenvalue weighted by Gasteiger charge is -2.13. The van der Waals surface area contributed by atoms with E-state index in [2.05, 4.69) is 31.2 Å². The van der Waals surface area contributed by atoms with E-state index in [0.29, 0.717) is 5.92 Å². The number of halogens is 1. The lowest BCUT2D eigenvalue weighted by Crippen LogP contribution is -2.02. The second kappa shape index (κ2) is 4.35. The van der Waals surface area contributed by atoms with E-state index in [4.69, 9.17) is 11.6 Å². The molecule has 0 spiro atoms. The Labute approximate surface area is 91.3 Å². The molecule has 0 bridgehead atoms. The van der Waals surface area contributed by atoms with Crippen LogP contribution in [0.15, 0.2) is 24.3 Å². The van der Waals surface area contributed by atoms with E-state index in [-0.39, 0.29) is 0 Å². The second-order valence-electron chi connectivity index (χ2n) is 4.19. The summed E-state index contributed by atoms with van der Waals surface area (Å²) in [4.78, 5) is 0. The molecule has 14 heavy (non-hydrogen) atoms. The molecular formula is C13H17Cl. The van der Waals surface area contributed by atoms with Crippen LogP contribution in [0.5, 0.6) is 0 Å². The van der Waals surface area contributed by atoms with Gasteiger partial charge in [0.2, 0.25) is 0 Å². The van der Waals surface area contributed by atoms with Crippen molar-refractivity contribution < 1.29 is 0 Å². The maximum atomic E-state index is 6.01. The van der Waals surface area contributed by atoms with Crippen molar-refractivity contribution >= 4 is 11.6 Å². The van der Waals surface area contributed by atoms with Gasteiger partial charge in [-0.15, -0.1) is 11.6 Å². The van der Waals surface area contributed by atoms with E-state index in [0.717, 1.165) is 18.2 Å². The third-order valence-electron chi connectivity index (χ3n) is 3.17. The summed E-state index contributed by atoms with van der Waals surface area (Å²) in [5.41, 5.74) is 2.84. The number of hydrogen-bond acceptors (Lipinski definition) is 0. The number of rotatable bonds is 4. The van der Waals surface area contributed by atoms with Crippen molar-refractivity contribution in [3.05, 3.63) is 35.4 Å². The second-order valence-corrected chi connectivity index (χ2v) is 4.50. The van der Waals surface area contributed by atoms with Crippen molar-refractivity contribution in [1.82, 2.24) is 0 Å². The van der Waals surface area contributed by atoms with Crippen molar-refractivity contribution in [1.29, 1.82) is 0 Å². The molecule has 1 aliphatic rings. The summed E-state index contributed by atoms with van der Waals surface area (Å²) in [6, 6.07) is 8.98. The van der Waals surface area contributed by atoms with Crippen LogP contribution in [0.3, 0.4) is 0 Å². The van der Waals surface area contributed by atoms with Crippen LogP contribution in [0.1, 0.15) is 36.8 Å². The Morgan fingerprint density at radius 1 is 1.29 bits per heavy atom. The molecular weight excluding hydrogens is 192 g/mol. The zero-order valence-electron chi connectivity index (χ0n) is 8.67. The van der Waals surface area contributed by atoms with Crippen molar-refractivity contribution in [2.24, 2.45) is 5.92 Å². The first-order valence-electron chi connectivity index (χ1n) is 5.50. The first-order chi connectivity index (χ1) is 6.85. The number of benzene rings is 1. The van der Waals surface area contributed by atoms with Crippen LogP contribution in [0.2, 0.25) is 0 Å². The molecule has 1 fully saturated rings. The Balaban J connectivity index is 2.13. The van der Waals surface area contributed by atoms with Gasteiger partial charge >= 0.3 is 0 Å². The molecule has 0 heterocycles. The van der Waals surface area contributed by atoms with Crippen LogP contribution in [0, 0.1) is 5.92 Å². The minimum absolute atomic E-state index is 0.600. The standard InChI is InChI=1S/C13H17Cl/c1-2-10-3-5-11(6-4-10)13(9-14)12-7-8-12/h3-6,12-13H,2,7-9H2,1H3. The lowest BCUT2D eigenvalue weighted by atomic mass is 9.95. The van der Waals surface area contributed by atoms with Crippen molar-refractivity contribution in [2.45, 2.75) is 32.1 Å². The Morgan fingerprint density at radius 3 is 2.36 bits per heavy atom. The molecule has 1 heteroatoms. The highest BCUT2D eigenvalue weighted by Gasteiger charge is 2.31. The highest BCUT2D eigenvalue weighted by atomic mass is 35.5. The first-order valence-corrected chi connectivity index (χ1v) is 6.03. The van der Waals surface area contributed by atoms with Crippen molar-refractivity contribution in [2.75, 3.05) is 5.88 Å². The topological polar surface area (TPSA) is 0 Å². The van der Waals surface area contributed by atoms with Gasteiger partial charge < -0.3 is 0 Å². The van der Waals surface area contributed by atoms with Crippen LogP contribution in [-0.2, 0) is 6.42 Å². The highest BCUT2D eigenvalue weighted by molar-refractivity contribution is 6.18. The van der Waals surface area contributed by atoms with E-state index >= 15 is 0 Å². The average Bonchev–Trinajstić information content (AvgIpc) is 3.04. The van der Waals surface area contributed by atoms with E-state index in [9.17, 15) is 0 Å². The predicted octanol–water partition coefficient (Wildman–Crippen LogP) is 3.98. The van der Waals surface area contributed by atoms with Crippen LogP contribution in [0.4, 0.5) is 0 Å². The van der Waals surface area contributed by atoms with Gasteiger partial charge in [-0.3, -0.25) is 0 Å². The molecule has 0 N–H and O–H groups in total. The number of alkyl halides is 1. The predicted molar refractivity (Wildman–Crippen MR) is 62.0 cm³/mol. The maximum Gasteiger partial charge on any atom is 0.0294 e. The van der Waals surface area contributed by atoms with Gasteiger partial charge in [0.1, 0.15) is 0 Å². The van der Waals surface area contributed by atoms with Gasteiger partial charge in [-0.1, -0.05) is 31.2 Å². The van der Waals surface area contributed by atoms with Crippen molar-refractivity contribution in [3.63, 3.8) is 0 Å². The summed E-state index contributed by atoms with van der Waals surface area (Å²) in [5, 5.41) is 0. The fourth-order valence-corrected chi connectivity index (χ4v) is 2.42. The van der Waals surface area contributed by atoms with Gasteiger partial charge in [0.25, 0.3) is 0 Å². The zero-order valence-corrected chi connectivity index (χ0v) is 9.43. The zero-order chi connectivity index (χ0) is 9.97. The summed E-state index contributed by atoms with van der Waals surface area (Å²) in [6.07, 6.45) is 3.86. The largest absolute Gasteiger partial charge is 0.126 e. The normalized spacial score (nSPS) is 18.1. The molecule has 1 aromatic carbocycles. The highest BCUT2D eigenvalue weighted by Crippen LogP contribution is 2.43. The molecule has 0 saturated heterocycles. The molecule has 0 aromatic heterocycles. The summed E-state index contributed by atoms with van der Waals surface area (Å²) in [7, 11) is 0. The number of hydrogen-bond donors (Lipinski definition) is 0. The van der Waals surface area contributed by atoms with Crippen molar-refractivity contribution in [3.8, 4) is 0 Å². The summed E-state index contributed by atoms with van der Waals surface area (Å²) >= 11 is 6.01. The molecule has 1 aliphatic carbocycles. The fraction of sp³-hybridized carbons (Fsp3) is 0.538. The maximum absolute atomic E-state index is 6.01. The van der Waals surface area contributed by atoms with E-state index < -0.39 is 0 Å². The van der Waals surface area contributed by atoms with E-state index in [1.54, 1.807) is 0 Å². The fourth-order valence-electron chi connectivity index (χ4n) is 1.99. The van der Waals surface area contributed by atoms with E-state index in [1.807, 2.05) is 0 Å². The average molecular weight is 209 g/mol. The molecule has 0 nitrogen and oxygen atoms in total. The third-order valence-corrected chi connectivity index (χ3v) is 3.51. The monoisotopic (exact) mass is 208 g/mol. The SMILES string of the molecule is CCc1ccc(C(CCl)C2CC2)cc1. The summed E-state index contributed by atoms with van der Waals surface area (Å²) in [6.45, 7) is 2.19. The quantitative estimate of drug-likeness (QED) is 0.657. The molecule has 0 radical (unpaired) electrons. The molecule has 2 rings (SSSR count). The first kappa shape index (κ1) is 10.0. The number of aryl methyl sites for hydroxylation is 1. The Hall–Kier alpha value is -0.490. The smallest absolute Gasteiger partial charge is 0.0294 e. The Bertz CT molecular complexity index is 285. The van der Waals surface area contributed by atoms with Crippen LogP contribution < -0.4 is 0 Å². The third kappa shape index (κ3) is 2.12. The molecule has 1 atom stereocenters. The molecule has 1 unspecified atom stereocenters. The summed E-state index contributed by atoms with van der Waals surface area (Å²) in [5.74, 6) is 2.23. The van der Waals surface area contributed by atoms with E-state index in [1.165, 1.54) is 24.0 Å². The van der Waals surface area contributed by atoms with Gasteiger partial charge in [-0.25, -0.2) is 0 Å². The minimum Gasteiger partial charge on any atom is -0.126 e. The van der Waals surface area contributed by atoms with Crippen LogP contribution in [-0.4, -0.2) is 5.88 Å². The Kier molecular flexibility index (Phi) is 3.12. The molecule has 0 amide bonds. The molecule has 0 aliphatic heterocycles. The minimum atomic E-state index is 0.600. The molecule has 76 valence electrons.